The van der Waals surface area contributed by atoms with Crippen molar-refractivity contribution in [2.24, 2.45) is 0 Å². The van der Waals surface area contributed by atoms with Crippen molar-refractivity contribution in [1.29, 1.82) is 0 Å². The maximum atomic E-state index is 11.4. The SMILES string of the molecule is C[PH](=O)O[PH](=O)CCCCCCCCCCCC[PH](=O)O[PH](C)=O. The first-order valence-corrected chi connectivity index (χ1v) is 15.5. The fraction of sp³-hybridized carbons (Fsp3) is 1.00. The molecule has 0 saturated heterocycles. The van der Waals surface area contributed by atoms with E-state index in [1.165, 1.54) is 39.0 Å². The fourth-order valence-corrected chi connectivity index (χ4v) is 6.83. The van der Waals surface area contributed by atoms with E-state index in [1.54, 1.807) is 0 Å². The first kappa shape index (κ1) is 24.8. The van der Waals surface area contributed by atoms with E-state index in [2.05, 4.69) is 0 Å². The van der Waals surface area contributed by atoms with Crippen LogP contribution in [0, 0.1) is 0 Å². The Hall–Kier alpha value is 0.840. The van der Waals surface area contributed by atoms with Crippen molar-refractivity contribution in [3.05, 3.63) is 0 Å². The highest BCUT2D eigenvalue weighted by Crippen LogP contribution is 2.37. The lowest BCUT2D eigenvalue weighted by molar-refractivity contribution is 0.486. The minimum absolute atomic E-state index is 0.550. The molecular formula is C14H34O6P4. The molecule has 0 aromatic carbocycles. The van der Waals surface area contributed by atoms with E-state index in [-0.39, 0.29) is 0 Å². The van der Waals surface area contributed by atoms with Gasteiger partial charge in [0.05, 0.1) is 0 Å². The highest BCUT2D eigenvalue weighted by molar-refractivity contribution is 7.52. The smallest absolute Gasteiger partial charge is 0.197 e. The summed E-state index contributed by atoms with van der Waals surface area (Å²) in [5.41, 5.74) is 0. The van der Waals surface area contributed by atoms with Gasteiger partial charge in [-0.15, -0.1) is 0 Å². The van der Waals surface area contributed by atoms with Crippen molar-refractivity contribution in [1.82, 2.24) is 0 Å². The zero-order valence-corrected chi connectivity index (χ0v) is 18.9. The van der Waals surface area contributed by atoms with Crippen LogP contribution in [-0.4, -0.2) is 25.7 Å². The maximum absolute atomic E-state index is 11.4. The van der Waals surface area contributed by atoms with Crippen LogP contribution >= 0.6 is 32.1 Å². The summed E-state index contributed by atoms with van der Waals surface area (Å²) >= 11 is 0. The molecule has 0 aliphatic rings. The molecule has 0 aliphatic carbocycles. The zero-order valence-electron chi connectivity index (χ0n) is 14.9. The summed E-state index contributed by atoms with van der Waals surface area (Å²) in [6, 6.07) is 0. The average Bonchev–Trinajstić information content (AvgIpc) is 2.46. The molecule has 0 heterocycles. The molecule has 0 radical (unpaired) electrons. The second-order valence-electron chi connectivity index (χ2n) is 5.97. The van der Waals surface area contributed by atoms with Crippen LogP contribution in [-0.2, 0) is 26.9 Å². The van der Waals surface area contributed by atoms with Crippen LogP contribution in [0.2, 0.25) is 0 Å². The summed E-state index contributed by atoms with van der Waals surface area (Å²) in [7, 11) is -8.27. The first-order valence-electron chi connectivity index (χ1n) is 8.84. The minimum atomic E-state index is -2.07. The van der Waals surface area contributed by atoms with Crippen LogP contribution in [0.5, 0.6) is 0 Å². The Morgan fingerprint density at radius 3 is 1.00 bits per heavy atom. The summed E-state index contributed by atoms with van der Waals surface area (Å²) in [5.74, 6) is 0. The molecular weight excluding hydrogens is 388 g/mol. The Morgan fingerprint density at radius 1 is 0.500 bits per heavy atom. The summed E-state index contributed by atoms with van der Waals surface area (Å²) in [6.07, 6.45) is 12.1. The van der Waals surface area contributed by atoms with E-state index in [1.807, 2.05) is 0 Å². The van der Waals surface area contributed by atoms with Gasteiger partial charge in [0, 0.05) is 25.7 Å². The van der Waals surface area contributed by atoms with Gasteiger partial charge in [0.15, 0.2) is 32.1 Å². The highest BCUT2D eigenvalue weighted by Gasteiger charge is 2.02. The fourth-order valence-electron chi connectivity index (χ4n) is 2.38. The highest BCUT2D eigenvalue weighted by atomic mass is 31.2. The molecule has 0 aromatic rings. The van der Waals surface area contributed by atoms with Crippen molar-refractivity contribution < 1.29 is 26.9 Å². The molecule has 4 unspecified atom stereocenters. The summed E-state index contributed by atoms with van der Waals surface area (Å²) in [4.78, 5) is 0. The normalized spacial score (nSPS) is 16.6. The van der Waals surface area contributed by atoms with Crippen LogP contribution < -0.4 is 0 Å². The standard InChI is InChI=1S/C14H34O6P4/c1-21(15)19-23(17)13-11-9-7-5-3-4-6-8-10-12-14-24(18)20-22(2)16/h21-24H,3-14H2,1-2H3. The van der Waals surface area contributed by atoms with Gasteiger partial charge < -0.3 is 0 Å². The molecule has 10 heteroatoms. The van der Waals surface area contributed by atoms with E-state index in [4.69, 9.17) is 8.62 Å². The summed E-state index contributed by atoms with van der Waals surface area (Å²) in [6.45, 7) is 2.94. The summed E-state index contributed by atoms with van der Waals surface area (Å²) < 4.78 is 53.9. The van der Waals surface area contributed by atoms with E-state index in [9.17, 15) is 18.3 Å². The molecule has 0 amide bonds. The van der Waals surface area contributed by atoms with Crippen LogP contribution in [0.3, 0.4) is 0 Å². The average molecular weight is 422 g/mol. The van der Waals surface area contributed by atoms with Gasteiger partial charge in [-0.25, -0.2) is 0 Å². The second kappa shape index (κ2) is 17.3. The lowest BCUT2D eigenvalue weighted by Gasteiger charge is -2.04. The molecule has 24 heavy (non-hydrogen) atoms. The van der Waals surface area contributed by atoms with Gasteiger partial charge in [0.25, 0.3) is 0 Å². The maximum Gasteiger partial charge on any atom is 0.197 e. The summed E-state index contributed by atoms with van der Waals surface area (Å²) in [5, 5.41) is 0. The van der Waals surface area contributed by atoms with E-state index in [0.29, 0.717) is 12.3 Å². The Bertz CT molecular complexity index is 378. The molecule has 0 bridgehead atoms. The van der Waals surface area contributed by atoms with Crippen molar-refractivity contribution in [2.75, 3.05) is 25.7 Å². The van der Waals surface area contributed by atoms with E-state index >= 15 is 0 Å². The minimum Gasteiger partial charge on any atom is -0.296 e. The number of hydrogen-bond acceptors (Lipinski definition) is 6. The predicted molar refractivity (Wildman–Crippen MR) is 106 cm³/mol. The van der Waals surface area contributed by atoms with Gasteiger partial charge in [-0.1, -0.05) is 51.4 Å². The Kier molecular flexibility index (Phi) is 17.9. The van der Waals surface area contributed by atoms with E-state index < -0.39 is 32.1 Å². The predicted octanol–water partition coefficient (Wildman–Crippen LogP) is 6.08. The monoisotopic (exact) mass is 422 g/mol. The molecule has 6 nitrogen and oxygen atoms in total. The molecule has 4 atom stereocenters. The zero-order chi connectivity index (χ0) is 18.2. The van der Waals surface area contributed by atoms with Gasteiger partial charge >= 0.3 is 0 Å². The third-order valence-corrected chi connectivity index (χ3v) is 9.17. The van der Waals surface area contributed by atoms with Gasteiger partial charge in [-0.05, 0) is 12.8 Å². The van der Waals surface area contributed by atoms with Crippen LogP contribution in [0.15, 0.2) is 0 Å². The Morgan fingerprint density at radius 2 is 0.750 bits per heavy atom. The van der Waals surface area contributed by atoms with Gasteiger partial charge in [-0.3, -0.25) is 26.9 Å². The lowest BCUT2D eigenvalue weighted by Crippen LogP contribution is -1.85. The van der Waals surface area contributed by atoms with Gasteiger partial charge in [0.1, 0.15) is 0 Å². The number of hydrogen-bond donors (Lipinski definition) is 0. The largest absolute Gasteiger partial charge is 0.296 e. The third kappa shape index (κ3) is 19.2. The Balaban J connectivity index is 3.23. The quantitative estimate of drug-likeness (QED) is 0.209. The first-order chi connectivity index (χ1) is 11.4. The molecule has 0 spiro atoms. The van der Waals surface area contributed by atoms with Gasteiger partial charge in [-0.2, -0.15) is 0 Å². The molecule has 146 valence electrons. The topological polar surface area (TPSA) is 86.7 Å². The molecule has 0 saturated carbocycles. The van der Waals surface area contributed by atoms with Crippen molar-refractivity contribution in [3.8, 4) is 0 Å². The van der Waals surface area contributed by atoms with Crippen molar-refractivity contribution >= 4 is 32.1 Å². The Labute approximate surface area is 149 Å². The third-order valence-electron chi connectivity index (χ3n) is 3.53. The lowest BCUT2D eigenvalue weighted by atomic mass is 10.1. The van der Waals surface area contributed by atoms with Gasteiger partial charge in [0.2, 0.25) is 0 Å². The molecule has 0 fully saturated rings. The number of rotatable bonds is 17. The molecule has 0 aromatic heterocycles. The van der Waals surface area contributed by atoms with Crippen molar-refractivity contribution in [2.45, 2.75) is 64.2 Å². The van der Waals surface area contributed by atoms with Crippen LogP contribution in [0.1, 0.15) is 64.2 Å². The second-order valence-corrected chi connectivity index (χ2v) is 12.1. The van der Waals surface area contributed by atoms with Crippen molar-refractivity contribution in [3.63, 3.8) is 0 Å². The van der Waals surface area contributed by atoms with E-state index in [0.717, 1.165) is 38.5 Å². The van der Waals surface area contributed by atoms with Crippen LogP contribution in [0.25, 0.3) is 0 Å². The molecule has 0 N–H and O–H groups in total. The molecule has 0 aliphatic heterocycles. The van der Waals surface area contributed by atoms with Crippen LogP contribution in [0.4, 0.5) is 0 Å². The molecule has 0 rings (SSSR count). The number of unbranched alkanes of at least 4 members (excludes halogenated alkanes) is 9.